The van der Waals surface area contributed by atoms with E-state index in [1.807, 2.05) is 66.3 Å². The van der Waals surface area contributed by atoms with Crippen LogP contribution >= 0.6 is 11.8 Å². The molecule has 6 nitrogen and oxygen atoms in total. The average Bonchev–Trinajstić information content (AvgIpc) is 3.46. The summed E-state index contributed by atoms with van der Waals surface area (Å²) in [5.74, 6) is 0.453. The minimum Gasteiger partial charge on any atom is -0.497 e. The van der Waals surface area contributed by atoms with E-state index in [-0.39, 0.29) is 17.9 Å². The van der Waals surface area contributed by atoms with Gasteiger partial charge in [-0.2, -0.15) is 0 Å². The van der Waals surface area contributed by atoms with Crippen LogP contribution in [0.2, 0.25) is 0 Å². The molecule has 1 aliphatic carbocycles. The molecule has 7 heteroatoms. The van der Waals surface area contributed by atoms with E-state index in [2.05, 4.69) is 5.32 Å². The lowest BCUT2D eigenvalue weighted by atomic mass is 9.93. The number of amides is 2. The van der Waals surface area contributed by atoms with Gasteiger partial charge in [-0.1, -0.05) is 18.9 Å². The number of methoxy groups -OCH3 is 1. The number of carbonyl (C=O) groups is 2. The van der Waals surface area contributed by atoms with Gasteiger partial charge in [-0.15, -0.1) is 11.8 Å². The average molecular weight is 464 g/mol. The molecule has 1 N–H and O–H groups in total. The number of nitrogens with zero attached hydrogens (tertiary/aromatic N) is 2. The fraction of sp³-hybridized carbons (Fsp3) is 0.385. The number of anilines is 1. The first-order valence-corrected chi connectivity index (χ1v) is 12.6. The second kappa shape index (κ2) is 8.45. The third-order valence-electron chi connectivity index (χ3n) is 6.98. The van der Waals surface area contributed by atoms with Gasteiger partial charge in [0.1, 0.15) is 17.0 Å². The summed E-state index contributed by atoms with van der Waals surface area (Å²) < 4.78 is 7.40. The molecule has 2 amide bonds. The summed E-state index contributed by atoms with van der Waals surface area (Å²) >= 11 is 1.62. The molecular formula is C26H29N3O3S. The third kappa shape index (κ3) is 3.68. The predicted octanol–water partition coefficient (Wildman–Crippen LogP) is 4.85. The zero-order chi connectivity index (χ0) is 23.2. The van der Waals surface area contributed by atoms with Gasteiger partial charge in [-0.25, -0.2) is 0 Å². The van der Waals surface area contributed by atoms with Crippen molar-refractivity contribution in [3.63, 3.8) is 0 Å². The van der Waals surface area contributed by atoms with Crippen LogP contribution in [0.4, 0.5) is 5.69 Å². The topological polar surface area (TPSA) is 63.6 Å². The Balaban J connectivity index is 1.65. The number of rotatable bonds is 5. The zero-order valence-corrected chi connectivity index (χ0v) is 20.1. The van der Waals surface area contributed by atoms with Crippen molar-refractivity contribution in [2.24, 2.45) is 0 Å². The van der Waals surface area contributed by atoms with Crippen molar-refractivity contribution >= 4 is 40.2 Å². The maximum absolute atomic E-state index is 14.0. The predicted molar refractivity (Wildman–Crippen MR) is 132 cm³/mol. The van der Waals surface area contributed by atoms with Gasteiger partial charge < -0.3 is 14.6 Å². The molecule has 1 atom stereocenters. The van der Waals surface area contributed by atoms with Gasteiger partial charge >= 0.3 is 0 Å². The van der Waals surface area contributed by atoms with Crippen molar-refractivity contribution in [3.05, 3.63) is 54.2 Å². The number of fused-ring (bicyclic) bond motifs is 3. The lowest BCUT2D eigenvalue weighted by Gasteiger charge is -2.44. The molecule has 2 heterocycles. The Hall–Kier alpha value is -2.93. The van der Waals surface area contributed by atoms with Crippen LogP contribution < -0.4 is 15.0 Å². The summed E-state index contributed by atoms with van der Waals surface area (Å²) in [6.07, 6.45) is 6.26. The maximum atomic E-state index is 14.0. The molecule has 33 heavy (non-hydrogen) atoms. The monoisotopic (exact) mass is 463 g/mol. The molecule has 172 valence electrons. The SMILES string of the molecule is COc1ccc2cc3n(c2c1)C[C@@](C)(C(=O)NC1CCCC1)N(c1cccc(SC)c1)C3=O. The van der Waals surface area contributed by atoms with E-state index in [9.17, 15) is 9.59 Å². The molecule has 1 fully saturated rings. The highest BCUT2D eigenvalue weighted by Crippen LogP contribution is 2.38. The van der Waals surface area contributed by atoms with Gasteiger partial charge in [0.15, 0.2) is 0 Å². The molecule has 1 saturated carbocycles. The standard InChI is InChI=1S/C26H29N3O3S/c1-26(25(31)27-18-7-4-5-8-18)16-28-22-15-20(32-2)12-11-17(22)13-23(28)24(30)29(26)19-9-6-10-21(14-19)33-3/h6,9-15,18H,4-5,7-8,16H2,1-3H3,(H,27,31)/t26-/m0/s1. The first-order chi connectivity index (χ1) is 15.9. The number of hydrogen-bond acceptors (Lipinski definition) is 4. The van der Waals surface area contributed by atoms with Crippen LogP contribution in [-0.2, 0) is 11.3 Å². The molecule has 2 aliphatic rings. The second-order valence-corrected chi connectivity index (χ2v) is 9.99. The van der Waals surface area contributed by atoms with Gasteiger partial charge in [0.05, 0.1) is 19.2 Å². The highest BCUT2D eigenvalue weighted by molar-refractivity contribution is 7.98. The normalized spacial score (nSPS) is 20.8. The Morgan fingerprint density at radius 3 is 2.67 bits per heavy atom. The fourth-order valence-electron chi connectivity index (χ4n) is 5.16. The van der Waals surface area contributed by atoms with Crippen LogP contribution in [0.5, 0.6) is 5.75 Å². The summed E-state index contributed by atoms with van der Waals surface area (Å²) in [6, 6.07) is 15.7. The quantitative estimate of drug-likeness (QED) is 0.550. The summed E-state index contributed by atoms with van der Waals surface area (Å²) in [4.78, 5) is 30.5. The van der Waals surface area contributed by atoms with Crippen molar-refractivity contribution in [2.75, 3.05) is 18.3 Å². The summed E-state index contributed by atoms with van der Waals surface area (Å²) in [6.45, 7) is 2.25. The van der Waals surface area contributed by atoms with Gasteiger partial charge in [0, 0.05) is 28.1 Å². The fourth-order valence-corrected chi connectivity index (χ4v) is 5.62. The molecule has 5 rings (SSSR count). The van der Waals surface area contributed by atoms with Crippen LogP contribution in [0.25, 0.3) is 10.9 Å². The molecule has 0 radical (unpaired) electrons. The molecular weight excluding hydrogens is 434 g/mol. The van der Waals surface area contributed by atoms with E-state index in [0.717, 1.165) is 52.9 Å². The van der Waals surface area contributed by atoms with Crippen molar-refractivity contribution in [2.45, 2.75) is 55.6 Å². The zero-order valence-electron chi connectivity index (χ0n) is 19.3. The molecule has 1 aromatic heterocycles. The van der Waals surface area contributed by atoms with Crippen molar-refractivity contribution in [3.8, 4) is 5.75 Å². The molecule has 1 aliphatic heterocycles. The van der Waals surface area contributed by atoms with Crippen molar-refractivity contribution in [1.82, 2.24) is 9.88 Å². The maximum Gasteiger partial charge on any atom is 0.275 e. The lowest BCUT2D eigenvalue weighted by Crippen LogP contribution is -2.65. The molecule has 0 unspecified atom stereocenters. The Labute approximate surface area is 198 Å². The van der Waals surface area contributed by atoms with E-state index >= 15 is 0 Å². The number of nitrogens with one attached hydrogen (secondary N) is 1. The molecule has 2 aromatic carbocycles. The number of aromatic nitrogens is 1. The number of benzene rings is 2. The van der Waals surface area contributed by atoms with Crippen LogP contribution in [0.3, 0.4) is 0 Å². The number of ether oxygens (including phenoxy) is 1. The second-order valence-electron chi connectivity index (χ2n) is 9.11. The molecule has 0 spiro atoms. The van der Waals surface area contributed by atoms with Gasteiger partial charge in [0.25, 0.3) is 5.91 Å². The molecule has 3 aromatic rings. The third-order valence-corrected chi connectivity index (χ3v) is 7.71. The minimum atomic E-state index is -1.07. The number of hydrogen-bond donors (Lipinski definition) is 1. The Kier molecular flexibility index (Phi) is 5.60. The van der Waals surface area contributed by atoms with E-state index in [4.69, 9.17) is 4.74 Å². The Morgan fingerprint density at radius 2 is 1.94 bits per heavy atom. The Bertz CT molecular complexity index is 1230. The highest BCUT2D eigenvalue weighted by atomic mass is 32.2. The summed E-state index contributed by atoms with van der Waals surface area (Å²) in [5, 5.41) is 4.21. The van der Waals surface area contributed by atoms with Crippen LogP contribution in [0, 0.1) is 0 Å². The van der Waals surface area contributed by atoms with E-state index in [1.54, 1.807) is 23.8 Å². The highest BCUT2D eigenvalue weighted by Gasteiger charge is 2.49. The van der Waals surface area contributed by atoms with E-state index in [1.165, 1.54) is 0 Å². The summed E-state index contributed by atoms with van der Waals surface area (Å²) in [5.41, 5.74) is 1.15. The van der Waals surface area contributed by atoms with Crippen LogP contribution in [-0.4, -0.2) is 41.3 Å². The number of carbonyl (C=O) groups excluding carboxylic acids is 2. The van der Waals surface area contributed by atoms with E-state index < -0.39 is 5.54 Å². The summed E-state index contributed by atoms with van der Waals surface area (Å²) in [7, 11) is 1.63. The smallest absolute Gasteiger partial charge is 0.275 e. The molecule has 0 saturated heterocycles. The van der Waals surface area contributed by atoms with Crippen molar-refractivity contribution < 1.29 is 14.3 Å². The lowest BCUT2D eigenvalue weighted by molar-refractivity contribution is -0.127. The van der Waals surface area contributed by atoms with Gasteiger partial charge in [-0.05, 0) is 62.4 Å². The molecule has 0 bridgehead atoms. The van der Waals surface area contributed by atoms with Crippen molar-refractivity contribution in [1.29, 1.82) is 0 Å². The first kappa shape index (κ1) is 21.9. The minimum absolute atomic E-state index is 0.104. The van der Waals surface area contributed by atoms with E-state index in [0.29, 0.717) is 12.2 Å². The Morgan fingerprint density at radius 1 is 1.15 bits per heavy atom. The first-order valence-electron chi connectivity index (χ1n) is 11.4. The largest absolute Gasteiger partial charge is 0.497 e. The van der Waals surface area contributed by atoms with Crippen LogP contribution in [0.1, 0.15) is 43.1 Å². The number of thioether (sulfide) groups is 1. The van der Waals surface area contributed by atoms with Crippen LogP contribution in [0.15, 0.2) is 53.4 Å². The van der Waals surface area contributed by atoms with Gasteiger partial charge in [-0.3, -0.25) is 14.5 Å². The van der Waals surface area contributed by atoms with Gasteiger partial charge in [0.2, 0.25) is 5.91 Å².